The standard InChI is InChI=1S/C18H21NO/c1-2-18(20)15-7-9-17(10-8-15)19-12-11-14-5-3-4-6-16(14)13-19/h3-10,18,20H,2,11-13H2,1H3. The van der Waals surface area contributed by atoms with Gasteiger partial charge in [0.1, 0.15) is 0 Å². The van der Waals surface area contributed by atoms with Crippen molar-refractivity contribution in [3.8, 4) is 0 Å². The molecule has 1 unspecified atom stereocenters. The van der Waals surface area contributed by atoms with Crippen molar-refractivity contribution in [3.63, 3.8) is 0 Å². The summed E-state index contributed by atoms with van der Waals surface area (Å²) in [6, 6.07) is 17.0. The van der Waals surface area contributed by atoms with Crippen molar-refractivity contribution in [1.29, 1.82) is 0 Å². The van der Waals surface area contributed by atoms with Crippen LogP contribution in [0.1, 0.15) is 36.1 Å². The summed E-state index contributed by atoms with van der Waals surface area (Å²) in [5.41, 5.74) is 5.15. The van der Waals surface area contributed by atoms with E-state index in [2.05, 4.69) is 41.3 Å². The van der Waals surface area contributed by atoms with Crippen LogP contribution < -0.4 is 4.90 Å². The number of benzene rings is 2. The lowest BCUT2D eigenvalue weighted by molar-refractivity contribution is 0.173. The first-order valence-electron chi connectivity index (χ1n) is 7.37. The van der Waals surface area contributed by atoms with Gasteiger partial charge in [-0.2, -0.15) is 0 Å². The van der Waals surface area contributed by atoms with Crippen LogP contribution in [0.15, 0.2) is 48.5 Å². The van der Waals surface area contributed by atoms with Gasteiger partial charge in [-0.15, -0.1) is 0 Å². The van der Waals surface area contributed by atoms with E-state index in [1.54, 1.807) is 0 Å². The van der Waals surface area contributed by atoms with Crippen molar-refractivity contribution in [3.05, 3.63) is 65.2 Å². The van der Waals surface area contributed by atoms with Gasteiger partial charge in [-0.25, -0.2) is 0 Å². The van der Waals surface area contributed by atoms with Crippen LogP contribution in [0.25, 0.3) is 0 Å². The van der Waals surface area contributed by atoms with Gasteiger partial charge in [0.2, 0.25) is 0 Å². The van der Waals surface area contributed by atoms with Crippen molar-refractivity contribution >= 4 is 5.69 Å². The molecule has 0 bridgehead atoms. The number of fused-ring (bicyclic) bond motifs is 1. The first kappa shape index (κ1) is 13.2. The van der Waals surface area contributed by atoms with E-state index < -0.39 is 0 Å². The highest BCUT2D eigenvalue weighted by molar-refractivity contribution is 5.50. The predicted octanol–water partition coefficient (Wildman–Crippen LogP) is 3.69. The van der Waals surface area contributed by atoms with Gasteiger partial charge in [-0.1, -0.05) is 43.3 Å². The van der Waals surface area contributed by atoms with Crippen molar-refractivity contribution in [2.75, 3.05) is 11.4 Å². The molecule has 2 heteroatoms. The third kappa shape index (κ3) is 2.56. The molecule has 0 aliphatic carbocycles. The van der Waals surface area contributed by atoms with Crippen LogP contribution >= 0.6 is 0 Å². The van der Waals surface area contributed by atoms with Crippen LogP contribution in [-0.4, -0.2) is 11.7 Å². The number of hydrogen-bond acceptors (Lipinski definition) is 2. The molecule has 20 heavy (non-hydrogen) atoms. The van der Waals surface area contributed by atoms with Crippen molar-refractivity contribution in [2.45, 2.75) is 32.4 Å². The summed E-state index contributed by atoms with van der Waals surface area (Å²) in [4.78, 5) is 2.41. The van der Waals surface area contributed by atoms with Gasteiger partial charge in [-0.3, -0.25) is 0 Å². The molecule has 1 heterocycles. The average Bonchev–Trinajstić information content (AvgIpc) is 2.54. The maximum absolute atomic E-state index is 9.85. The number of nitrogens with zero attached hydrogens (tertiary/aromatic N) is 1. The SMILES string of the molecule is CCC(O)c1ccc(N2CCc3ccccc3C2)cc1. The van der Waals surface area contributed by atoms with Crippen LogP contribution in [0.3, 0.4) is 0 Å². The molecular formula is C18H21NO. The molecule has 2 aromatic rings. The Morgan fingerprint density at radius 2 is 1.75 bits per heavy atom. The number of aliphatic hydroxyl groups is 1. The highest BCUT2D eigenvalue weighted by atomic mass is 16.3. The third-order valence-corrected chi connectivity index (χ3v) is 4.16. The van der Waals surface area contributed by atoms with E-state index in [-0.39, 0.29) is 6.10 Å². The molecule has 2 nitrogen and oxygen atoms in total. The molecule has 0 saturated carbocycles. The lowest BCUT2D eigenvalue weighted by Crippen LogP contribution is -2.30. The van der Waals surface area contributed by atoms with Gasteiger partial charge < -0.3 is 10.0 Å². The summed E-state index contributed by atoms with van der Waals surface area (Å²) in [7, 11) is 0. The summed E-state index contributed by atoms with van der Waals surface area (Å²) in [6.07, 6.45) is 1.53. The Bertz CT molecular complexity index is 576. The lowest BCUT2D eigenvalue weighted by Gasteiger charge is -2.31. The molecule has 1 N–H and O–H groups in total. The van der Waals surface area contributed by atoms with E-state index in [1.165, 1.54) is 16.8 Å². The van der Waals surface area contributed by atoms with Gasteiger partial charge in [-0.05, 0) is 41.7 Å². The van der Waals surface area contributed by atoms with Gasteiger partial charge >= 0.3 is 0 Å². The molecule has 1 atom stereocenters. The number of anilines is 1. The van der Waals surface area contributed by atoms with Crippen LogP contribution in [0.4, 0.5) is 5.69 Å². The van der Waals surface area contributed by atoms with E-state index in [4.69, 9.17) is 0 Å². The molecule has 0 radical (unpaired) electrons. The Balaban J connectivity index is 1.78. The maximum atomic E-state index is 9.85. The fourth-order valence-electron chi connectivity index (χ4n) is 2.86. The normalized spacial score (nSPS) is 15.8. The maximum Gasteiger partial charge on any atom is 0.0787 e. The van der Waals surface area contributed by atoms with E-state index >= 15 is 0 Å². The molecule has 2 aromatic carbocycles. The summed E-state index contributed by atoms with van der Waals surface area (Å²) >= 11 is 0. The van der Waals surface area contributed by atoms with Crippen LogP contribution in [0, 0.1) is 0 Å². The molecule has 0 amide bonds. The highest BCUT2D eigenvalue weighted by Crippen LogP contribution is 2.26. The fourth-order valence-corrected chi connectivity index (χ4v) is 2.86. The molecule has 0 aromatic heterocycles. The zero-order valence-electron chi connectivity index (χ0n) is 11.9. The first-order chi connectivity index (χ1) is 9.78. The van der Waals surface area contributed by atoms with Gasteiger partial charge in [0.25, 0.3) is 0 Å². The highest BCUT2D eigenvalue weighted by Gasteiger charge is 2.16. The minimum atomic E-state index is -0.342. The lowest BCUT2D eigenvalue weighted by atomic mass is 9.99. The molecule has 1 aliphatic heterocycles. The Morgan fingerprint density at radius 3 is 2.45 bits per heavy atom. The summed E-state index contributed by atoms with van der Waals surface area (Å²) in [6.45, 7) is 4.04. The molecule has 0 fully saturated rings. The zero-order valence-corrected chi connectivity index (χ0v) is 11.9. The number of aliphatic hydroxyl groups excluding tert-OH is 1. The molecule has 3 rings (SSSR count). The van der Waals surface area contributed by atoms with Crippen molar-refractivity contribution in [2.24, 2.45) is 0 Å². The van der Waals surface area contributed by atoms with Crippen LogP contribution in [-0.2, 0) is 13.0 Å². The zero-order chi connectivity index (χ0) is 13.9. The number of hydrogen-bond donors (Lipinski definition) is 1. The van der Waals surface area contributed by atoms with Gasteiger partial charge in [0, 0.05) is 18.8 Å². The van der Waals surface area contributed by atoms with E-state index in [1.807, 2.05) is 19.1 Å². The second kappa shape index (κ2) is 5.68. The Labute approximate surface area is 120 Å². The third-order valence-electron chi connectivity index (χ3n) is 4.16. The second-order valence-corrected chi connectivity index (χ2v) is 5.46. The Hall–Kier alpha value is -1.80. The smallest absolute Gasteiger partial charge is 0.0787 e. The first-order valence-corrected chi connectivity index (χ1v) is 7.37. The Kier molecular flexibility index (Phi) is 3.75. The van der Waals surface area contributed by atoms with Gasteiger partial charge in [0.15, 0.2) is 0 Å². The largest absolute Gasteiger partial charge is 0.388 e. The summed E-state index contributed by atoms with van der Waals surface area (Å²) in [5.74, 6) is 0. The Morgan fingerprint density at radius 1 is 1.05 bits per heavy atom. The summed E-state index contributed by atoms with van der Waals surface area (Å²) in [5, 5.41) is 9.85. The fraction of sp³-hybridized carbons (Fsp3) is 0.333. The molecule has 1 aliphatic rings. The van der Waals surface area contributed by atoms with Gasteiger partial charge in [0.05, 0.1) is 6.10 Å². The van der Waals surface area contributed by atoms with E-state index in [0.717, 1.165) is 31.5 Å². The number of rotatable bonds is 3. The monoisotopic (exact) mass is 267 g/mol. The topological polar surface area (TPSA) is 23.5 Å². The van der Waals surface area contributed by atoms with Crippen molar-refractivity contribution < 1.29 is 5.11 Å². The second-order valence-electron chi connectivity index (χ2n) is 5.46. The minimum Gasteiger partial charge on any atom is -0.388 e. The quantitative estimate of drug-likeness (QED) is 0.916. The van der Waals surface area contributed by atoms with Crippen LogP contribution in [0.2, 0.25) is 0 Å². The van der Waals surface area contributed by atoms with Crippen molar-refractivity contribution in [1.82, 2.24) is 0 Å². The van der Waals surface area contributed by atoms with E-state index in [0.29, 0.717) is 0 Å². The molecular weight excluding hydrogens is 246 g/mol. The predicted molar refractivity (Wildman–Crippen MR) is 82.9 cm³/mol. The molecule has 0 spiro atoms. The molecule has 0 saturated heterocycles. The van der Waals surface area contributed by atoms with E-state index in [9.17, 15) is 5.11 Å². The minimum absolute atomic E-state index is 0.342. The molecule has 104 valence electrons. The summed E-state index contributed by atoms with van der Waals surface area (Å²) < 4.78 is 0. The average molecular weight is 267 g/mol. The van der Waals surface area contributed by atoms with Crippen LogP contribution in [0.5, 0.6) is 0 Å².